The van der Waals surface area contributed by atoms with Crippen LogP contribution in [0, 0.1) is 5.92 Å². The highest BCUT2D eigenvalue weighted by atomic mass is 35.5. The molecule has 2 saturated heterocycles. The summed E-state index contributed by atoms with van der Waals surface area (Å²) < 4.78 is 5.38. The zero-order valence-corrected chi connectivity index (χ0v) is 16.0. The van der Waals surface area contributed by atoms with E-state index in [9.17, 15) is 9.59 Å². The lowest BCUT2D eigenvalue weighted by Gasteiger charge is -2.34. The molecule has 144 valence electrons. The molecule has 3 rings (SSSR count). The van der Waals surface area contributed by atoms with Crippen molar-refractivity contribution in [2.45, 2.75) is 31.9 Å². The summed E-state index contributed by atoms with van der Waals surface area (Å²) in [6, 6.07) is 9.97. The van der Waals surface area contributed by atoms with Crippen molar-refractivity contribution in [2.75, 3.05) is 33.2 Å². The molecule has 7 heteroatoms. The van der Waals surface area contributed by atoms with Crippen LogP contribution in [0.2, 0.25) is 0 Å². The van der Waals surface area contributed by atoms with Gasteiger partial charge in [0.2, 0.25) is 5.91 Å². The van der Waals surface area contributed by atoms with Crippen LogP contribution in [0.1, 0.15) is 24.8 Å². The number of rotatable bonds is 4. The zero-order valence-electron chi connectivity index (χ0n) is 15.2. The number of piperidine rings is 1. The minimum Gasteiger partial charge on any atom is -0.445 e. The Kier molecular flexibility index (Phi) is 7.72. The van der Waals surface area contributed by atoms with Gasteiger partial charge in [-0.1, -0.05) is 30.3 Å². The van der Waals surface area contributed by atoms with Gasteiger partial charge in [0.25, 0.3) is 0 Å². The molecule has 2 heterocycles. The van der Waals surface area contributed by atoms with Gasteiger partial charge in [0.05, 0.1) is 0 Å². The Morgan fingerprint density at radius 1 is 1.19 bits per heavy atom. The fourth-order valence-electron chi connectivity index (χ4n) is 3.56. The van der Waals surface area contributed by atoms with E-state index < -0.39 is 0 Å². The minimum absolute atomic E-state index is 0. The highest BCUT2D eigenvalue weighted by Gasteiger charge is 2.32. The number of ether oxygens (including phenoxy) is 1. The van der Waals surface area contributed by atoms with Crippen LogP contribution in [0.3, 0.4) is 0 Å². The Morgan fingerprint density at radius 3 is 2.50 bits per heavy atom. The molecule has 0 unspecified atom stereocenters. The molecule has 6 nitrogen and oxygen atoms in total. The summed E-state index contributed by atoms with van der Waals surface area (Å²) in [6.45, 7) is 3.32. The van der Waals surface area contributed by atoms with Gasteiger partial charge in [-0.25, -0.2) is 4.79 Å². The Bertz CT molecular complexity index is 585. The molecule has 0 saturated carbocycles. The fourth-order valence-corrected chi connectivity index (χ4v) is 3.56. The largest absolute Gasteiger partial charge is 0.445 e. The number of likely N-dealkylation sites (tertiary alicyclic amines) is 1. The van der Waals surface area contributed by atoms with Crippen LogP contribution in [0.15, 0.2) is 30.3 Å². The van der Waals surface area contributed by atoms with E-state index in [4.69, 9.17) is 4.74 Å². The summed E-state index contributed by atoms with van der Waals surface area (Å²) >= 11 is 0. The molecule has 0 aliphatic carbocycles. The van der Waals surface area contributed by atoms with Gasteiger partial charge in [-0.05, 0) is 31.4 Å². The number of carbonyl (C=O) groups excluding carboxylic acids is 2. The zero-order chi connectivity index (χ0) is 17.6. The number of nitrogens with one attached hydrogen (secondary N) is 1. The second-order valence-corrected chi connectivity index (χ2v) is 6.90. The maximum absolute atomic E-state index is 12.6. The van der Waals surface area contributed by atoms with Crippen LogP contribution in [0.4, 0.5) is 4.79 Å². The highest BCUT2D eigenvalue weighted by molar-refractivity contribution is 5.85. The summed E-state index contributed by atoms with van der Waals surface area (Å²) in [4.78, 5) is 28.4. The molecule has 2 aliphatic rings. The molecule has 1 aromatic carbocycles. The van der Waals surface area contributed by atoms with Crippen LogP contribution in [0.5, 0.6) is 0 Å². The first-order chi connectivity index (χ1) is 12.1. The number of halogens is 1. The first-order valence-electron chi connectivity index (χ1n) is 9.08. The molecule has 0 radical (unpaired) electrons. The van der Waals surface area contributed by atoms with Gasteiger partial charge in [0.1, 0.15) is 6.61 Å². The first-order valence-corrected chi connectivity index (χ1v) is 9.08. The van der Waals surface area contributed by atoms with Gasteiger partial charge < -0.3 is 19.9 Å². The quantitative estimate of drug-likeness (QED) is 0.869. The second-order valence-electron chi connectivity index (χ2n) is 6.90. The Morgan fingerprint density at radius 2 is 1.88 bits per heavy atom. The smallest absolute Gasteiger partial charge is 0.410 e. The van der Waals surface area contributed by atoms with E-state index in [1.54, 1.807) is 4.90 Å². The van der Waals surface area contributed by atoms with Crippen molar-refractivity contribution in [1.82, 2.24) is 15.1 Å². The van der Waals surface area contributed by atoms with Crippen molar-refractivity contribution < 1.29 is 14.3 Å². The number of hydrogen-bond donors (Lipinski definition) is 1. The Labute approximate surface area is 161 Å². The van der Waals surface area contributed by atoms with Crippen LogP contribution in [-0.4, -0.2) is 61.1 Å². The van der Waals surface area contributed by atoms with Crippen molar-refractivity contribution in [3.8, 4) is 0 Å². The Hall–Kier alpha value is -1.79. The fraction of sp³-hybridized carbons (Fsp3) is 0.579. The molecular formula is C19H28ClN3O3. The van der Waals surface area contributed by atoms with Crippen molar-refractivity contribution in [2.24, 2.45) is 5.92 Å². The van der Waals surface area contributed by atoms with E-state index >= 15 is 0 Å². The lowest BCUT2D eigenvalue weighted by atomic mass is 9.95. The first kappa shape index (κ1) is 20.5. The third-order valence-electron chi connectivity index (χ3n) is 5.24. The van der Waals surface area contributed by atoms with Gasteiger partial charge in [0.15, 0.2) is 0 Å². The molecule has 26 heavy (non-hydrogen) atoms. The molecule has 2 fully saturated rings. The molecule has 0 aromatic heterocycles. The van der Waals surface area contributed by atoms with Gasteiger partial charge in [0, 0.05) is 38.6 Å². The number of benzene rings is 1. The summed E-state index contributed by atoms with van der Waals surface area (Å²) in [5.74, 6) is 0.231. The molecule has 1 atom stereocenters. The summed E-state index contributed by atoms with van der Waals surface area (Å²) in [5, 5.41) is 3.30. The number of likely N-dealkylation sites (N-methyl/N-ethyl adjacent to an activating group) is 1. The second kappa shape index (κ2) is 9.78. The number of nitrogens with zero attached hydrogens (tertiary/aromatic N) is 2. The molecular weight excluding hydrogens is 354 g/mol. The molecule has 1 aromatic rings. The maximum atomic E-state index is 12.6. The number of carbonyl (C=O) groups is 2. The average molecular weight is 382 g/mol. The maximum Gasteiger partial charge on any atom is 0.410 e. The molecule has 1 N–H and O–H groups in total. The molecule has 2 aliphatic heterocycles. The predicted molar refractivity (Wildman–Crippen MR) is 102 cm³/mol. The van der Waals surface area contributed by atoms with E-state index in [1.165, 1.54) is 0 Å². The third kappa shape index (κ3) is 5.11. The van der Waals surface area contributed by atoms with E-state index in [0.29, 0.717) is 32.0 Å². The van der Waals surface area contributed by atoms with E-state index in [1.807, 2.05) is 42.3 Å². The lowest BCUT2D eigenvalue weighted by Crippen LogP contribution is -2.46. The lowest BCUT2D eigenvalue weighted by molar-refractivity contribution is -0.137. The average Bonchev–Trinajstić information content (AvgIpc) is 3.20. The van der Waals surface area contributed by atoms with Crippen molar-refractivity contribution >= 4 is 24.4 Å². The van der Waals surface area contributed by atoms with Crippen LogP contribution >= 0.6 is 12.4 Å². The van der Waals surface area contributed by atoms with Crippen LogP contribution in [0.25, 0.3) is 0 Å². The van der Waals surface area contributed by atoms with Crippen molar-refractivity contribution in [3.05, 3.63) is 35.9 Å². The minimum atomic E-state index is -0.289. The summed E-state index contributed by atoms with van der Waals surface area (Å²) in [5.41, 5.74) is 0.979. The SMILES string of the molecule is CN(C(=O)C1CCN(C(=O)OCc2ccccc2)CC1)[C@@H]1CCNC1.Cl. The number of amides is 2. The van der Waals surface area contributed by atoms with Gasteiger partial charge in [-0.15, -0.1) is 12.4 Å². The van der Waals surface area contributed by atoms with E-state index in [0.717, 1.165) is 25.1 Å². The standard InChI is InChI=1S/C19H27N3O3.ClH/c1-21(17-7-10-20-13-17)18(23)16-8-11-22(12-9-16)19(24)25-14-15-5-3-2-4-6-15;/h2-6,16-17,20H,7-14H2,1H3;1H/t17-;/m1./s1. The van der Waals surface area contributed by atoms with Gasteiger partial charge in [-0.2, -0.15) is 0 Å². The topological polar surface area (TPSA) is 61.9 Å². The summed E-state index contributed by atoms with van der Waals surface area (Å²) in [6.07, 6.45) is 2.16. The number of hydrogen-bond acceptors (Lipinski definition) is 4. The van der Waals surface area contributed by atoms with Crippen molar-refractivity contribution in [3.63, 3.8) is 0 Å². The Balaban J connectivity index is 0.00000243. The van der Waals surface area contributed by atoms with Gasteiger partial charge in [-0.3, -0.25) is 4.79 Å². The molecule has 0 bridgehead atoms. The van der Waals surface area contributed by atoms with Crippen LogP contribution < -0.4 is 5.32 Å². The normalized spacial score (nSPS) is 20.3. The predicted octanol–water partition coefficient (Wildman–Crippen LogP) is 2.28. The monoisotopic (exact) mass is 381 g/mol. The summed E-state index contributed by atoms with van der Waals surface area (Å²) in [7, 11) is 1.90. The van der Waals surface area contributed by atoms with Crippen LogP contribution in [-0.2, 0) is 16.1 Å². The highest BCUT2D eigenvalue weighted by Crippen LogP contribution is 2.22. The third-order valence-corrected chi connectivity index (χ3v) is 5.24. The molecule has 0 spiro atoms. The van der Waals surface area contributed by atoms with Gasteiger partial charge >= 0.3 is 6.09 Å². The van der Waals surface area contributed by atoms with Crippen molar-refractivity contribution in [1.29, 1.82) is 0 Å². The van der Waals surface area contributed by atoms with E-state index in [2.05, 4.69) is 5.32 Å². The van der Waals surface area contributed by atoms with E-state index in [-0.39, 0.29) is 36.9 Å². The molecule has 2 amide bonds.